The van der Waals surface area contributed by atoms with E-state index in [0.29, 0.717) is 17.5 Å². The number of rotatable bonds is 4. The highest BCUT2D eigenvalue weighted by Gasteiger charge is 2.34. The molecule has 1 N–H and O–H groups in total. The monoisotopic (exact) mass is 406 g/mol. The maximum absolute atomic E-state index is 13.2. The molecule has 3 heterocycles. The van der Waals surface area contributed by atoms with E-state index in [4.69, 9.17) is 0 Å². The van der Waals surface area contributed by atoms with E-state index < -0.39 is 5.82 Å². The predicted octanol–water partition coefficient (Wildman–Crippen LogP) is 3.77. The molecule has 1 aliphatic heterocycles. The molecule has 1 fully saturated rings. The van der Waals surface area contributed by atoms with Crippen LogP contribution in [0, 0.1) is 12.7 Å². The van der Waals surface area contributed by atoms with Crippen LogP contribution in [0.5, 0.6) is 0 Å². The Kier molecular flexibility index (Phi) is 5.65. The van der Waals surface area contributed by atoms with Gasteiger partial charge in [0.25, 0.3) is 0 Å². The van der Waals surface area contributed by atoms with Crippen LogP contribution in [0.25, 0.3) is 11.4 Å². The minimum atomic E-state index is -0.490. The van der Waals surface area contributed by atoms with Crippen molar-refractivity contribution in [1.29, 1.82) is 0 Å². The molecule has 3 aromatic rings. The van der Waals surface area contributed by atoms with Crippen LogP contribution in [-0.2, 0) is 4.79 Å². The number of carbonyl (C=O) groups is 1. The van der Waals surface area contributed by atoms with Gasteiger partial charge < -0.3 is 10.2 Å². The van der Waals surface area contributed by atoms with Crippen LogP contribution in [0.1, 0.15) is 31.7 Å². The zero-order valence-electron chi connectivity index (χ0n) is 16.9. The second-order valence-corrected chi connectivity index (χ2v) is 7.50. The van der Waals surface area contributed by atoms with Crippen molar-refractivity contribution in [3.63, 3.8) is 0 Å². The van der Waals surface area contributed by atoms with Gasteiger partial charge in [-0.2, -0.15) is 0 Å². The van der Waals surface area contributed by atoms with E-state index in [1.165, 1.54) is 0 Å². The van der Waals surface area contributed by atoms with Gasteiger partial charge in [-0.1, -0.05) is 6.07 Å². The van der Waals surface area contributed by atoms with Gasteiger partial charge in [0, 0.05) is 29.7 Å². The highest BCUT2D eigenvalue weighted by atomic mass is 19.1. The number of halogens is 1. The molecule has 0 saturated carbocycles. The van der Waals surface area contributed by atoms with Crippen molar-refractivity contribution in [2.24, 2.45) is 0 Å². The van der Waals surface area contributed by atoms with Gasteiger partial charge in [0.05, 0.1) is 12.4 Å². The third-order valence-corrected chi connectivity index (χ3v) is 5.36. The predicted molar refractivity (Wildman–Crippen MR) is 112 cm³/mol. The second-order valence-electron chi connectivity index (χ2n) is 7.50. The average Bonchev–Trinajstić information content (AvgIpc) is 2.76. The zero-order chi connectivity index (χ0) is 21.1. The van der Waals surface area contributed by atoms with Crippen molar-refractivity contribution in [2.45, 2.75) is 45.2 Å². The summed E-state index contributed by atoms with van der Waals surface area (Å²) < 4.78 is 13.2. The van der Waals surface area contributed by atoms with E-state index >= 15 is 0 Å². The SMILES string of the molecule is Cc1ccc(NC(=O)[C@H]2CCCC(C)N2c2ncccn2)cc1-c1ncc(F)cn1. The number of hydrogen-bond acceptors (Lipinski definition) is 6. The van der Waals surface area contributed by atoms with Crippen LogP contribution < -0.4 is 10.2 Å². The number of aryl methyl sites for hydroxylation is 1. The van der Waals surface area contributed by atoms with Crippen LogP contribution in [-0.4, -0.2) is 37.9 Å². The summed E-state index contributed by atoms with van der Waals surface area (Å²) in [4.78, 5) is 32.0. The van der Waals surface area contributed by atoms with E-state index in [2.05, 4.69) is 32.2 Å². The summed E-state index contributed by atoms with van der Waals surface area (Å²) >= 11 is 0. The Morgan fingerprint density at radius 2 is 1.87 bits per heavy atom. The Labute approximate surface area is 174 Å². The summed E-state index contributed by atoms with van der Waals surface area (Å²) in [6.45, 7) is 4.01. The quantitative estimate of drug-likeness (QED) is 0.710. The molecule has 0 radical (unpaired) electrons. The zero-order valence-corrected chi connectivity index (χ0v) is 16.9. The van der Waals surface area contributed by atoms with E-state index in [0.717, 1.165) is 42.8 Å². The normalized spacial score (nSPS) is 18.8. The van der Waals surface area contributed by atoms with Crippen LogP contribution in [0.4, 0.5) is 16.0 Å². The fraction of sp³-hybridized carbons (Fsp3) is 0.318. The average molecular weight is 406 g/mol. The minimum Gasteiger partial charge on any atom is -0.326 e. The van der Waals surface area contributed by atoms with Crippen LogP contribution in [0.15, 0.2) is 49.1 Å². The lowest BCUT2D eigenvalue weighted by atomic mass is 9.96. The van der Waals surface area contributed by atoms with Gasteiger partial charge in [0.2, 0.25) is 11.9 Å². The molecule has 1 amide bonds. The number of benzene rings is 1. The maximum atomic E-state index is 13.2. The molecule has 0 spiro atoms. The van der Waals surface area contributed by atoms with Gasteiger partial charge in [-0.3, -0.25) is 4.79 Å². The number of piperidine rings is 1. The largest absolute Gasteiger partial charge is 0.326 e. The number of amides is 1. The summed E-state index contributed by atoms with van der Waals surface area (Å²) in [6.07, 6.45) is 8.32. The highest BCUT2D eigenvalue weighted by molar-refractivity contribution is 5.97. The first kappa shape index (κ1) is 19.9. The Balaban J connectivity index is 1.58. The fourth-order valence-electron chi connectivity index (χ4n) is 3.83. The van der Waals surface area contributed by atoms with Crippen molar-refractivity contribution in [1.82, 2.24) is 19.9 Å². The Hall–Kier alpha value is -3.42. The molecule has 1 unspecified atom stereocenters. The van der Waals surface area contributed by atoms with Crippen LogP contribution in [0.3, 0.4) is 0 Å². The van der Waals surface area contributed by atoms with Crippen molar-refractivity contribution >= 4 is 17.5 Å². The molecule has 7 nitrogen and oxygen atoms in total. The van der Waals surface area contributed by atoms with E-state index in [1.807, 2.05) is 30.0 Å². The van der Waals surface area contributed by atoms with Gasteiger partial charge in [-0.05, 0) is 56.9 Å². The van der Waals surface area contributed by atoms with Gasteiger partial charge >= 0.3 is 0 Å². The van der Waals surface area contributed by atoms with Gasteiger partial charge in [-0.15, -0.1) is 0 Å². The van der Waals surface area contributed by atoms with Gasteiger partial charge in [0.15, 0.2) is 11.6 Å². The summed E-state index contributed by atoms with van der Waals surface area (Å²) in [6, 6.07) is 7.12. The number of hydrogen-bond donors (Lipinski definition) is 1. The lowest BCUT2D eigenvalue weighted by molar-refractivity contribution is -0.118. The summed E-state index contributed by atoms with van der Waals surface area (Å²) in [5.41, 5.74) is 2.32. The number of aromatic nitrogens is 4. The molecule has 2 atom stereocenters. The second kappa shape index (κ2) is 8.52. The minimum absolute atomic E-state index is 0.108. The van der Waals surface area contributed by atoms with Gasteiger partial charge in [0.1, 0.15) is 6.04 Å². The summed E-state index contributed by atoms with van der Waals surface area (Å²) in [7, 11) is 0. The van der Waals surface area contributed by atoms with Gasteiger partial charge in [-0.25, -0.2) is 24.3 Å². The first-order chi connectivity index (χ1) is 14.5. The molecule has 30 heavy (non-hydrogen) atoms. The van der Waals surface area contributed by atoms with Crippen molar-refractivity contribution in [3.05, 3.63) is 60.4 Å². The smallest absolute Gasteiger partial charge is 0.247 e. The summed E-state index contributed by atoms with van der Waals surface area (Å²) in [5.74, 6) is 0.379. The number of nitrogens with zero attached hydrogens (tertiary/aromatic N) is 5. The summed E-state index contributed by atoms with van der Waals surface area (Å²) in [5, 5.41) is 3.01. The molecule has 1 saturated heterocycles. The first-order valence-electron chi connectivity index (χ1n) is 9.97. The Bertz CT molecular complexity index is 1030. The topological polar surface area (TPSA) is 83.9 Å². The first-order valence-corrected chi connectivity index (χ1v) is 9.97. The number of nitrogens with one attached hydrogen (secondary N) is 1. The standard InChI is InChI=1S/C22H23FN6O/c1-14-7-8-17(11-18(14)20-26-12-16(23)13-27-20)28-21(30)19-6-3-5-15(2)29(19)22-24-9-4-10-25-22/h4,7-13,15,19H,3,5-6H2,1-2H3,(H,28,30)/t15?,19-/m1/s1. The third kappa shape index (κ3) is 4.12. The third-order valence-electron chi connectivity index (χ3n) is 5.36. The van der Waals surface area contributed by atoms with E-state index in [1.54, 1.807) is 18.5 Å². The van der Waals surface area contributed by atoms with E-state index in [9.17, 15) is 9.18 Å². The number of carbonyl (C=O) groups excluding carboxylic acids is 1. The molecule has 8 heteroatoms. The molecule has 1 aliphatic rings. The van der Waals surface area contributed by atoms with Crippen molar-refractivity contribution < 1.29 is 9.18 Å². The molecule has 2 aromatic heterocycles. The van der Waals surface area contributed by atoms with Crippen LogP contribution >= 0.6 is 0 Å². The van der Waals surface area contributed by atoms with Crippen LogP contribution in [0.2, 0.25) is 0 Å². The van der Waals surface area contributed by atoms with Crippen molar-refractivity contribution in [3.8, 4) is 11.4 Å². The molecular weight excluding hydrogens is 383 g/mol. The molecule has 154 valence electrons. The Morgan fingerprint density at radius 1 is 1.13 bits per heavy atom. The number of anilines is 2. The maximum Gasteiger partial charge on any atom is 0.247 e. The highest BCUT2D eigenvalue weighted by Crippen LogP contribution is 2.28. The lowest BCUT2D eigenvalue weighted by Crippen LogP contribution is -2.52. The van der Waals surface area contributed by atoms with Crippen molar-refractivity contribution in [2.75, 3.05) is 10.2 Å². The molecule has 1 aromatic carbocycles. The fourth-order valence-corrected chi connectivity index (χ4v) is 3.83. The van der Waals surface area contributed by atoms with E-state index in [-0.39, 0.29) is 18.0 Å². The molecule has 0 aliphatic carbocycles. The molecular formula is C22H23FN6O. The molecule has 0 bridgehead atoms. The lowest BCUT2D eigenvalue weighted by Gasteiger charge is -2.39. The molecule has 4 rings (SSSR count). The Morgan fingerprint density at radius 3 is 2.60 bits per heavy atom.